The maximum Gasteiger partial charge on any atom is 0.223 e. The van der Waals surface area contributed by atoms with Crippen molar-refractivity contribution in [3.05, 3.63) is 72.8 Å². The van der Waals surface area contributed by atoms with Gasteiger partial charge in [-0.1, -0.05) is 36.4 Å². The third-order valence-electron chi connectivity index (χ3n) is 4.53. The van der Waals surface area contributed by atoms with Crippen LogP contribution in [0.25, 0.3) is 27.5 Å². The zero-order chi connectivity index (χ0) is 16.7. The van der Waals surface area contributed by atoms with E-state index in [0.29, 0.717) is 0 Å². The molecule has 3 heteroatoms. The quantitative estimate of drug-likeness (QED) is 0.523. The summed E-state index contributed by atoms with van der Waals surface area (Å²) < 4.78 is 2.27. The summed E-state index contributed by atoms with van der Waals surface area (Å²) in [5, 5.41) is 2.34. The molecule has 1 aromatic heterocycles. The van der Waals surface area contributed by atoms with Gasteiger partial charge in [0.15, 0.2) is 0 Å². The third kappa shape index (κ3) is 2.17. The average molecular weight is 314 g/mol. The number of carbonyl (C=O) groups is 1. The van der Waals surface area contributed by atoms with E-state index in [9.17, 15) is 4.79 Å². The number of benzene rings is 3. The van der Waals surface area contributed by atoms with Crippen molar-refractivity contribution in [3.8, 4) is 5.69 Å². The van der Waals surface area contributed by atoms with Crippen molar-refractivity contribution in [1.82, 2.24) is 4.57 Å². The predicted octanol–water partition coefficient (Wildman–Crippen LogP) is 4.77. The Morgan fingerprint density at radius 2 is 1.50 bits per heavy atom. The van der Waals surface area contributed by atoms with Gasteiger partial charge in [0, 0.05) is 36.1 Å². The maximum absolute atomic E-state index is 11.7. The van der Waals surface area contributed by atoms with Crippen molar-refractivity contribution in [1.29, 1.82) is 0 Å². The van der Waals surface area contributed by atoms with Crippen molar-refractivity contribution >= 4 is 33.4 Å². The Morgan fingerprint density at radius 1 is 0.833 bits per heavy atom. The maximum atomic E-state index is 11.7. The van der Waals surface area contributed by atoms with Crippen LogP contribution in [0.5, 0.6) is 0 Å². The van der Waals surface area contributed by atoms with Crippen molar-refractivity contribution in [2.75, 3.05) is 11.9 Å². The van der Waals surface area contributed by atoms with E-state index in [0.717, 1.165) is 22.3 Å². The molecule has 1 amide bonds. The Labute approximate surface area is 140 Å². The zero-order valence-electron chi connectivity index (χ0n) is 13.7. The SMILES string of the molecule is CC(=O)N(C)c1ccc2c(c1)c1ccccc1n2-c1ccccc1. The molecule has 3 nitrogen and oxygen atoms in total. The standard InChI is InChI=1S/C21H18N2O/c1-15(24)22(2)17-12-13-21-19(14-17)18-10-6-7-11-20(18)23(21)16-8-4-3-5-9-16/h3-14H,1-2H3. The van der Waals surface area contributed by atoms with E-state index in [4.69, 9.17) is 0 Å². The van der Waals surface area contributed by atoms with Gasteiger partial charge < -0.3 is 9.47 Å². The molecule has 0 saturated heterocycles. The van der Waals surface area contributed by atoms with Crippen LogP contribution in [-0.2, 0) is 4.79 Å². The Morgan fingerprint density at radius 3 is 2.25 bits per heavy atom. The van der Waals surface area contributed by atoms with E-state index in [1.165, 1.54) is 10.9 Å². The first kappa shape index (κ1) is 14.5. The van der Waals surface area contributed by atoms with Gasteiger partial charge in [0.05, 0.1) is 11.0 Å². The van der Waals surface area contributed by atoms with E-state index in [2.05, 4.69) is 53.1 Å². The molecule has 0 spiro atoms. The van der Waals surface area contributed by atoms with Crippen LogP contribution < -0.4 is 4.90 Å². The molecule has 0 bridgehead atoms. The van der Waals surface area contributed by atoms with Gasteiger partial charge in [0.2, 0.25) is 5.91 Å². The number of para-hydroxylation sites is 2. The molecule has 0 radical (unpaired) electrons. The molecule has 4 rings (SSSR count). The number of hydrogen-bond donors (Lipinski definition) is 0. The zero-order valence-corrected chi connectivity index (χ0v) is 13.7. The van der Waals surface area contributed by atoms with Gasteiger partial charge in [-0.2, -0.15) is 0 Å². The van der Waals surface area contributed by atoms with Gasteiger partial charge in [-0.3, -0.25) is 4.79 Å². The highest BCUT2D eigenvalue weighted by molar-refractivity contribution is 6.11. The number of anilines is 1. The topological polar surface area (TPSA) is 25.2 Å². The first-order valence-electron chi connectivity index (χ1n) is 8.00. The smallest absolute Gasteiger partial charge is 0.223 e. The fourth-order valence-corrected chi connectivity index (χ4v) is 3.21. The summed E-state index contributed by atoms with van der Waals surface area (Å²) in [4.78, 5) is 13.4. The van der Waals surface area contributed by atoms with E-state index < -0.39 is 0 Å². The van der Waals surface area contributed by atoms with E-state index >= 15 is 0 Å². The molecule has 0 unspecified atom stereocenters. The molecule has 24 heavy (non-hydrogen) atoms. The molecule has 0 aliphatic rings. The molecule has 0 N–H and O–H groups in total. The van der Waals surface area contributed by atoms with Gasteiger partial charge in [-0.15, -0.1) is 0 Å². The van der Waals surface area contributed by atoms with Gasteiger partial charge in [-0.05, 0) is 36.4 Å². The van der Waals surface area contributed by atoms with Crippen LogP contribution in [-0.4, -0.2) is 17.5 Å². The van der Waals surface area contributed by atoms with E-state index in [-0.39, 0.29) is 5.91 Å². The molecule has 0 saturated carbocycles. The molecule has 0 fully saturated rings. The number of hydrogen-bond acceptors (Lipinski definition) is 1. The third-order valence-corrected chi connectivity index (χ3v) is 4.53. The largest absolute Gasteiger partial charge is 0.316 e. The number of carbonyl (C=O) groups excluding carboxylic acids is 1. The number of fused-ring (bicyclic) bond motifs is 3. The normalized spacial score (nSPS) is 11.1. The second kappa shape index (κ2) is 5.53. The number of rotatable bonds is 2. The lowest BCUT2D eigenvalue weighted by Gasteiger charge is -2.15. The Hall–Kier alpha value is -3.07. The minimum atomic E-state index is 0.0288. The molecule has 4 aromatic rings. The summed E-state index contributed by atoms with van der Waals surface area (Å²) in [6.45, 7) is 1.58. The summed E-state index contributed by atoms with van der Waals surface area (Å²) in [6.07, 6.45) is 0. The highest BCUT2D eigenvalue weighted by atomic mass is 16.2. The Bertz CT molecular complexity index is 1050. The monoisotopic (exact) mass is 314 g/mol. The van der Waals surface area contributed by atoms with E-state index in [1.807, 2.05) is 24.3 Å². The molecule has 118 valence electrons. The van der Waals surface area contributed by atoms with Gasteiger partial charge in [-0.25, -0.2) is 0 Å². The van der Waals surface area contributed by atoms with Crippen LogP contribution in [0.15, 0.2) is 72.8 Å². The average Bonchev–Trinajstić information content (AvgIpc) is 2.95. The minimum absolute atomic E-state index is 0.0288. The van der Waals surface area contributed by atoms with Gasteiger partial charge in [0.25, 0.3) is 0 Å². The van der Waals surface area contributed by atoms with Crippen molar-refractivity contribution in [3.63, 3.8) is 0 Å². The first-order chi connectivity index (χ1) is 11.7. The van der Waals surface area contributed by atoms with Crippen LogP contribution in [0.2, 0.25) is 0 Å². The second-order valence-corrected chi connectivity index (χ2v) is 5.97. The molecule has 0 atom stereocenters. The fraction of sp³-hybridized carbons (Fsp3) is 0.0952. The fourth-order valence-electron chi connectivity index (χ4n) is 3.21. The molecule has 1 heterocycles. The molecular formula is C21H18N2O. The lowest BCUT2D eigenvalue weighted by Crippen LogP contribution is -2.22. The minimum Gasteiger partial charge on any atom is -0.316 e. The van der Waals surface area contributed by atoms with E-state index in [1.54, 1.807) is 18.9 Å². The van der Waals surface area contributed by atoms with Crippen LogP contribution in [0, 0.1) is 0 Å². The molecular weight excluding hydrogens is 296 g/mol. The summed E-state index contributed by atoms with van der Waals surface area (Å²) in [6, 6.07) is 24.9. The second-order valence-electron chi connectivity index (χ2n) is 5.97. The highest BCUT2D eigenvalue weighted by Gasteiger charge is 2.14. The number of aromatic nitrogens is 1. The van der Waals surface area contributed by atoms with Crippen LogP contribution in [0.4, 0.5) is 5.69 Å². The van der Waals surface area contributed by atoms with Crippen molar-refractivity contribution in [2.24, 2.45) is 0 Å². The van der Waals surface area contributed by atoms with Crippen molar-refractivity contribution in [2.45, 2.75) is 6.92 Å². The number of amides is 1. The van der Waals surface area contributed by atoms with Crippen LogP contribution >= 0.6 is 0 Å². The molecule has 3 aromatic carbocycles. The summed E-state index contributed by atoms with van der Waals surface area (Å²) in [7, 11) is 1.81. The summed E-state index contributed by atoms with van der Waals surface area (Å²) in [5.74, 6) is 0.0288. The lowest BCUT2D eigenvalue weighted by molar-refractivity contribution is -0.116. The Kier molecular flexibility index (Phi) is 3.35. The lowest BCUT2D eigenvalue weighted by atomic mass is 10.1. The first-order valence-corrected chi connectivity index (χ1v) is 8.00. The van der Waals surface area contributed by atoms with Gasteiger partial charge in [0.1, 0.15) is 0 Å². The van der Waals surface area contributed by atoms with Crippen LogP contribution in [0.3, 0.4) is 0 Å². The van der Waals surface area contributed by atoms with Gasteiger partial charge >= 0.3 is 0 Å². The molecule has 0 aliphatic carbocycles. The molecule has 0 aliphatic heterocycles. The van der Waals surface area contributed by atoms with Crippen LogP contribution in [0.1, 0.15) is 6.92 Å². The van der Waals surface area contributed by atoms with Crippen molar-refractivity contribution < 1.29 is 4.79 Å². The summed E-state index contributed by atoms with van der Waals surface area (Å²) in [5.41, 5.74) is 4.35. The predicted molar refractivity (Wildman–Crippen MR) is 99.9 cm³/mol. The highest BCUT2D eigenvalue weighted by Crippen LogP contribution is 2.34. The Balaban J connectivity index is 2.07. The number of nitrogens with zero attached hydrogens (tertiary/aromatic N) is 2. The summed E-state index contributed by atoms with van der Waals surface area (Å²) >= 11 is 0.